The number of aryl methyl sites for hydroxylation is 1. The van der Waals surface area contributed by atoms with Gasteiger partial charge in [0.05, 0.1) is 16.6 Å². The second kappa shape index (κ2) is 7.68. The van der Waals surface area contributed by atoms with E-state index in [9.17, 15) is 14.7 Å². The molecule has 0 saturated carbocycles. The predicted octanol–water partition coefficient (Wildman–Crippen LogP) is 2.81. The van der Waals surface area contributed by atoms with Crippen molar-refractivity contribution >= 4 is 27.9 Å². The Kier molecular flexibility index (Phi) is 5.87. The smallest absolute Gasteiger partial charge is 0.409 e. The fourth-order valence-corrected chi connectivity index (χ4v) is 3.17. The summed E-state index contributed by atoms with van der Waals surface area (Å²) < 4.78 is 5.47. The lowest BCUT2D eigenvalue weighted by molar-refractivity contribution is 0.0858. The van der Waals surface area contributed by atoms with Gasteiger partial charge >= 0.3 is 6.09 Å². The minimum absolute atomic E-state index is 0.0214. The molecule has 126 valence electrons. The minimum atomic E-state index is -0.308. The Labute approximate surface area is 143 Å². The third kappa shape index (κ3) is 4.37. The summed E-state index contributed by atoms with van der Waals surface area (Å²) in [6.45, 7) is 5.09. The van der Waals surface area contributed by atoms with E-state index in [1.807, 2.05) is 6.92 Å². The van der Waals surface area contributed by atoms with E-state index >= 15 is 0 Å². The zero-order valence-corrected chi connectivity index (χ0v) is 14.9. The molecule has 0 spiro atoms. The molecule has 6 nitrogen and oxygen atoms in total. The van der Waals surface area contributed by atoms with Crippen LogP contribution in [0.2, 0.25) is 0 Å². The number of amides is 2. The number of hydrogen-bond acceptors (Lipinski definition) is 4. The van der Waals surface area contributed by atoms with Crippen molar-refractivity contribution in [1.82, 2.24) is 10.2 Å². The number of phenols is 1. The Bertz CT molecular complexity index is 598. The van der Waals surface area contributed by atoms with E-state index in [0.29, 0.717) is 37.0 Å². The van der Waals surface area contributed by atoms with Crippen molar-refractivity contribution in [2.75, 3.05) is 19.7 Å². The molecule has 0 bridgehead atoms. The number of phenolic OH excluding ortho intramolecular Hbond substituents is 1. The van der Waals surface area contributed by atoms with Crippen molar-refractivity contribution in [3.8, 4) is 5.75 Å². The zero-order valence-electron chi connectivity index (χ0n) is 13.3. The number of hydrogen-bond donors (Lipinski definition) is 2. The molecular formula is C16H21BrN2O4. The second-order valence-electron chi connectivity index (χ2n) is 5.58. The summed E-state index contributed by atoms with van der Waals surface area (Å²) in [4.78, 5) is 25.7. The van der Waals surface area contributed by atoms with Crippen molar-refractivity contribution in [3.05, 3.63) is 27.7 Å². The fourth-order valence-electron chi connectivity index (χ4n) is 2.59. The molecule has 1 heterocycles. The molecule has 1 aromatic rings. The van der Waals surface area contributed by atoms with Crippen LogP contribution in [-0.4, -0.2) is 47.7 Å². The summed E-state index contributed by atoms with van der Waals surface area (Å²) in [5, 5.41) is 12.9. The maximum absolute atomic E-state index is 12.4. The molecule has 2 amide bonds. The van der Waals surface area contributed by atoms with Gasteiger partial charge in [0.1, 0.15) is 5.75 Å². The molecule has 1 fully saturated rings. The van der Waals surface area contributed by atoms with E-state index < -0.39 is 0 Å². The van der Waals surface area contributed by atoms with Gasteiger partial charge in [-0.2, -0.15) is 0 Å². The van der Waals surface area contributed by atoms with Crippen LogP contribution in [0.5, 0.6) is 5.75 Å². The average Bonchev–Trinajstić information content (AvgIpc) is 2.51. The highest BCUT2D eigenvalue weighted by atomic mass is 79.9. The number of halogens is 1. The lowest BCUT2D eigenvalue weighted by Gasteiger charge is -2.31. The summed E-state index contributed by atoms with van der Waals surface area (Å²) in [5.41, 5.74) is 1.14. The average molecular weight is 385 g/mol. The van der Waals surface area contributed by atoms with Crippen molar-refractivity contribution in [2.24, 2.45) is 0 Å². The molecule has 2 rings (SSSR count). The van der Waals surface area contributed by atoms with E-state index in [0.717, 1.165) is 5.56 Å². The van der Waals surface area contributed by atoms with E-state index in [2.05, 4.69) is 21.2 Å². The SMILES string of the molecule is CCOC(=O)N1CCC(NC(=O)c2cc(C)cc(Br)c2O)CC1. The molecule has 0 atom stereocenters. The van der Waals surface area contributed by atoms with Crippen LogP contribution in [0.15, 0.2) is 16.6 Å². The predicted molar refractivity (Wildman–Crippen MR) is 89.6 cm³/mol. The number of benzene rings is 1. The Morgan fingerprint density at radius 1 is 1.39 bits per heavy atom. The molecule has 0 aliphatic carbocycles. The number of ether oxygens (including phenoxy) is 1. The summed E-state index contributed by atoms with van der Waals surface area (Å²) in [5.74, 6) is -0.362. The molecule has 1 saturated heterocycles. The monoisotopic (exact) mass is 384 g/mol. The van der Waals surface area contributed by atoms with Gasteiger partial charge in [0.2, 0.25) is 0 Å². The number of nitrogens with zero attached hydrogens (tertiary/aromatic N) is 1. The molecule has 7 heteroatoms. The quantitative estimate of drug-likeness (QED) is 0.839. The van der Waals surface area contributed by atoms with Gasteiger partial charge in [0.25, 0.3) is 5.91 Å². The molecule has 23 heavy (non-hydrogen) atoms. The first-order valence-corrected chi connectivity index (χ1v) is 8.43. The summed E-state index contributed by atoms with van der Waals surface area (Å²) >= 11 is 3.24. The van der Waals surface area contributed by atoms with Gasteiger partial charge in [-0.1, -0.05) is 0 Å². The molecule has 1 aromatic carbocycles. The van der Waals surface area contributed by atoms with Crippen molar-refractivity contribution in [1.29, 1.82) is 0 Å². The van der Waals surface area contributed by atoms with E-state index in [-0.39, 0.29) is 29.4 Å². The number of piperidine rings is 1. The Morgan fingerprint density at radius 3 is 2.65 bits per heavy atom. The van der Waals surface area contributed by atoms with E-state index in [4.69, 9.17) is 4.74 Å². The molecule has 1 aliphatic rings. The topological polar surface area (TPSA) is 78.9 Å². The zero-order chi connectivity index (χ0) is 17.0. The Hall–Kier alpha value is -1.76. The van der Waals surface area contributed by atoms with Crippen LogP contribution >= 0.6 is 15.9 Å². The van der Waals surface area contributed by atoms with Crippen LogP contribution in [0.4, 0.5) is 4.79 Å². The van der Waals surface area contributed by atoms with Gasteiger partial charge in [-0.05, 0) is 60.3 Å². The lowest BCUT2D eigenvalue weighted by Crippen LogP contribution is -2.46. The van der Waals surface area contributed by atoms with Crippen LogP contribution in [0, 0.1) is 6.92 Å². The molecule has 1 aliphatic heterocycles. The van der Waals surface area contributed by atoms with Gasteiger partial charge in [-0.25, -0.2) is 4.79 Å². The highest BCUT2D eigenvalue weighted by Crippen LogP contribution is 2.29. The van der Waals surface area contributed by atoms with Crippen LogP contribution in [0.25, 0.3) is 0 Å². The lowest BCUT2D eigenvalue weighted by atomic mass is 10.0. The first kappa shape index (κ1) is 17.6. The highest BCUT2D eigenvalue weighted by Gasteiger charge is 2.25. The normalized spacial score (nSPS) is 15.3. The van der Waals surface area contributed by atoms with E-state index in [1.165, 1.54) is 0 Å². The van der Waals surface area contributed by atoms with Gasteiger partial charge in [-0.3, -0.25) is 4.79 Å². The van der Waals surface area contributed by atoms with Crippen LogP contribution in [0.3, 0.4) is 0 Å². The maximum Gasteiger partial charge on any atom is 0.409 e. The number of carbonyl (C=O) groups excluding carboxylic acids is 2. The van der Waals surface area contributed by atoms with Crippen LogP contribution < -0.4 is 5.32 Å². The first-order valence-electron chi connectivity index (χ1n) is 7.64. The van der Waals surface area contributed by atoms with E-state index in [1.54, 1.807) is 24.0 Å². The summed E-state index contributed by atoms with van der Waals surface area (Å²) in [7, 11) is 0. The maximum atomic E-state index is 12.4. The van der Waals surface area contributed by atoms with Gasteiger partial charge in [0.15, 0.2) is 0 Å². The highest BCUT2D eigenvalue weighted by molar-refractivity contribution is 9.10. The number of rotatable bonds is 3. The summed E-state index contributed by atoms with van der Waals surface area (Å²) in [6.07, 6.45) is 1.02. The van der Waals surface area contributed by atoms with Gasteiger partial charge in [0, 0.05) is 19.1 Å². The largest absolute Gasteiger partial charge is 0.506 e. The van der Waals surface area contributed by atoms with Crippen molar-refractivity contribution in [2.45, 2.75) is 32.7 Å². The third-order valence-corrected chi connectivity index (χ3v) is 4.41. The molecule has 0 unspecified atom stereocenters. The van der Waals surface area contributed by atoms with Crippen molar-refractivity contribution in [3.63, 3.8) is 0 Å². The number of aromatic hydroxyl groups is 1. The minimum Gasteiger partial charge on any atom is -0.506 e. The first-order chi connectivity index (χ1) is 10.9. The van der Waals surface area contributed by atoms with Gasteiger partial charge < -0.3 is 20.1 Å². The van der Waals surface area contributed by atoms with Gasteiger partial charge in [-0.15, -0.1) is 0 Å². The number of nitrogens with one attached hydrogen (secondary N) is 1. The Balaban J connectivity index is 1.94. The van der Waals surface area contributed by atoms with Crippen molar-refractivity contribution < 1.29 is 19.4 Å². The standard InChI is InChI=1S/C16H21BrN2O4/c1-3-23-16(22)19-6-4-11(5-7-19)18-15(21)12-8-10(2)9-13(17)14(12)20/h8-9,11,20H,3-7H2,1-2H3,(H,18,21). The molecule has 0 radical (unpaired) electrons. The van der Waals surface area contributed by atoms with Crippen LogP contribution in [0.1, 0.15) is 35.7 Å². The third-order valence-electron chi connectivity index (χ3n) is 3.81. The number of likely N-dealkylation sites (tertiary alicyclic amines) is 1. The number of carbonyl (C=O) groups is 2. The fraction of sp³-hybridized carbons (Fsp3) is 0.500. The molecular weight excluding hydrogens is 364 g/mol. The second-order valence-corrected chi connectivity index (χ2v) is 6.43. The molecule has 0 aromatic heterocycles. The molecule has 2 N–H and O–H groups in total. The summed E-state index contributed by atoms with van der Waals surface area (Å²) in [6, 6.07) is 3.39. The Morgan fingerprint density at radius 2 is 2.04 bits per heavy atom. The van der Waals surface area contributed by atoms with Crippen LogP contribution in [-0.2, 0) is 4.74 Å².